The van der Waals surface area contributed by atoms with E-state index in [1.165, 1.54) is 0 Å². The topological polar surface area (TPSA) is 75.4 Å². The van der Waals surface area contributed by atoms with Crippen LogP contribution in [-0.2, 0) is 16.9 Å². The number of aromatic nitrogens is 1. The maximum Gasteiger partial charge on any atom is 0.325 e. The molecule has 4 rings (SSSR count). The molecular formula is C21H21N3O3. The van der Waals surface area contributed by atoms with Gasteiger partial charge in [-0.15, -0.1) is 0 Å². The van der Waals surface area contributed by atoms with E-state index in [-0.39, 0.29) is 18.4 Å². The van der Waals surface area contributed by atoms with Crippen LogP contribution < -0.4 is 5.32 Å². The monoisotopic (exact) mass is 363 g/mol. The van der Waals surface area contributed by atoms with E-state index in [0.29, 0.717) is 5.89 Å². The first-order valence-corrected chi connectivity index (χ1v) is 8.97. The number of hydrogen-bond donors (Lipinski definition) is 1. The average Bonchev–Trinajstić information content (AvgIpc) is 3.21. The summed E-state index contributed by atoms with van der Waals surface area (Å²) in [5, 5.41) is 4.82. The molecule has 1 saturated heterocycles. The molecule has 2 heterocycles. The van der Waals surface area contributed by atoms with Crippen LogP contribution in [0.25, 0.3) is 10.8 Å². The molecule has 1 fully saturated rings. The zero-order valence-corrected chi connectivity index (χ0v) is 15.5. The molecule has 138 valence electrons. The molecular weight excluding hydrogens is 342 g/mol. The van der Waals surface area contributed by atoms with Crippen molar-refractivity contribution in [1.29, 1.82) is 0 Å². The third kappa shape index (κ3) is 2.77. The van der Waals surface area contributed by atoms with Gasteiger partial charge < -0.3 is 9.73 Å². The van der Waals surface area contributed by atoms with Crippen molar-refractivity contribution >= 4 is 22.7 Å². The molecule has 1 aromatic heterocycles. The minimum atomic E-state index is -1.13. The van der Waals surface area contributed by atoms with Gasteiger partial charge in [0.2, 0.25) is 5.89 Å². The van der Waals surface area contributed by atoms with E-state index in [9.17, 15) is 9.59 Å². The summed E-state index contributed by atoms with van der Waals surface area (Å²) in [7, 11) is 0. The van der Waals surface area contributed by atoms with Gasteiger partial charge in [-0.3, -0.25) is 9.69 Å². The van der Waals surface area contributed by atoms with Crippen molar-refractivity contribution < 1.29 is 14.0 Å². The Morgan fingerprint density at radius 2 is 1.89 bits per heavy atom. The van der Waals surface area contributed by atoms with Crippen LogP contribution in [0, 0.1) is 0 Å². The normalized spacial score (nSPS) is 19.9. The average molecular weight is 363 g/mol. The smallest absolute Gasteiger partial charge is 0.325 e. The second-order valence-corrected chi connectivity index (χ2v) is 7.28. The molecule has 6 nitrogen and oxygen atoms in total. The highest BCUT2D eigenvalue weighted by atomic mass is 16.4. The van der Waals surface area contributed by atoms with E-state index < -0.39 is 11.6 Å². The summed E-state index contributed by atoms with van der Waals surface area (Å²) in [6.45, 7) is 5.74. The van der Waals surface area contributed by atoms with Gasteiger partial charge in [-0.05, 0) is 23.3 Å². The SMILES string of the molecule is CC(C)c1cnc(CN2C(=O)N[C@](C)(c3cccc4ccccc34)C2=O)o1. The van der Waals surface area contributed by atoms with Crippen molar-refractivity contribution in [2.75, 3.05) is 0 Å². The Balaban J connectivity index is 1.68. The first-order chi connectivity index (χ1) is 12.9. The number of urea groups is 1. The number of oxazole rings is 1. The van der Waals surface area contributed by atoms with E-state index in [1.54, 1.807) is 13.1 Å². The van der Waals surface area contributed by atoms with Gasteiger partial charge in [-0.25, -0.2) is 9.78 Å². The number of nitrogens with zero attached hydrogens (tertiary/aromatic N) is 2. The van der Waals surface area contributed by atoms with Gasteiger partial charge >= 0.3 is 6.03 Å². The van der Waals surface area contributed by atoms with Gasteiger partial charge in [0.25, 0.3) is 5.91 Å². The Morgan fingerprint density at radius 1 is 1.15 bits per heavy atom. The molecule has 3 aromatic rings. The fraction of sp³-hybridized carbons (Fsp3) is 0.286. The zero-order valence-electron chi connectivity index (χ0n) is 15.5. The third-order valence-corrected chi connectivity index (χ3v) is 5.04. The van der Waals surface area contributed by atoms with Crippen molar-refractivity contribution in [3.05, 3.63) is 65.9 Å². The molecule has 1 aliphatic rings. The molecule has 27 heavy (non-hydrogen) atoms. The molecule has 6 heteroatoms. The van der Waals surface area contributed by atoms with Gasteiger partial charge in [0.15, 0.2) is 0 Å². The van der Waals surface area contributed by atoms with Crippen LogP contribution in [0.5, 0.6) is 0 Å². The Labute approximate surface area is 157 Å². The van der Waals surface area contributed by atoms with E-state index in [4.69, 9.17) is 4.42 Å². The van der Waals surface area contributed by atoms with Gasteiger partial charge in [0.1, 0.15) is 17.8 Å². The lowest BCUT2D eigenvalue weighted by Gasteiger charge is -2.23. The summed E-state index contributed by atoms with van der Waals surface area (Å²) in [6.07, 6.45) is 1.64. The summed E-state index contributed by atoms with van der Waals surface area (Å²) in [5.74, 6) is 0.960. The van der Waals surface area contributed by atoms with E-state index in [0.717, 1.165) is 27.0 Å². The van der Waals surface area contributed by atoms with Crippen molar-refractivity contribution in [2.24, 2.45) is 0 Å². The van der Waals surface area contributed by atoms with E-state index >= 15 is 0 Å². The fourth-order valence-corrected chi connectivity index (χ4v) is 3.48. The van der Waals surface area contributed by atoms with Crippen molar-refractivity contribution in [1.82, 2.24) is 15.2 Å². The first kappa shape index (κ1) is 17.3. The largest absolute Gasteiger partial charge is 0.443 e. The lowest BCUT2D eigenvalue weighted by atomic mass is 9.88. The molecule has 3 amide bonds. The molecule has 0 aliphatic carbocycles. The molecule has 1 atom stereocenters. The molecule has 0 bridgehead atoms. The van der Waals surface area contributed by atoms with Crippen LogP contribution in [0.3, 0.4) is 0 Å². The van der Waals surface area contributed by atoms with Crippen LogP contribution in [0.1, 0.15) is 43.9 Å². The number of carbonyl (C=O) groups is 2. The standard InChI is InChI=1S/C21H21N3O3/c1-13(2)17-11-22-18(27-17)12-24-19(25)21(3,23-20(24)26)16-10-6-8-14-7-4-5-9-15(14)16/h4-11,13H,12H2,1-3H3,(H,23,26)/t21-/m1/s1. The molecule has 2 aromatic carbocycles. The van der Waals surface area contributed by atoms with Crippen LogP contribution >= 0.6 is 0 Å². The van der Waals surface area contributed by atoms with Crippen LogP contribution in [-0.4, -0.2) is 21.8 Å². The van der Waals surface area contributed by atoms with Gasteiger partial charge in [0.05, 0.1) is 6.20 Å². The first-order valence-electron chi connectivity index (χ1n) is 8.97. The minimum Gasteiger partial charge on any atom is -0.443 e. The maximum absolute atomic E-state index is 13.2. The summed E-state index contributed by atoms with van der Waals surface area (Å²) in [5.41, 5.74) is -0.359. The lowest BCUT2D eigenvalue weighted by molar-refractivity contribution is -0.131. The number of nitrogens with one attached hydrogen (secondary N) is 1. The van der Waals surface area contributed by atoms with Gasteiger partial charge in [-0.1, -0.05) is 56.3 Å². The highest BCUT2D eigenvalue weighted by Crippen LogP contribution is 2.34. The van der Waals surface area contributed by atoms with Crippen LogP contribution in [0.15, 0.2) is 53.1 Å². The Bertz CT molecular complexity index is 1030. The summed E-state index contributed by atoms with van der Waals surface area (Å²) < 4.78 is 5.66. The number of fused-ring (bicyclic) bond motifs is 1. The predicted octanol–water partition coefficient (Wildman–Crippen LogP) is 3.92. The highest BCUT2D eigenvalue weighted by molar-refractivity contribution is 6.09. The zero-order chi connectivity index (χ0) is 19.2. The van der Waals surface area contributed by atoms with Gasteiger partial charge in [-0.2, -0.15) is 0 Å². The number of imide groups is 1. The number of carbonyl (C=O) groups excluding carboxylic acids is 2. The van der Waals surface area contributed by atoms with Gasteiger partial charge in [0, 0.05) is 5.92 Å². The number of rotatable bonds is 4. The summed E-state index contributed by atoms with van der Waals surface area (Å²) in [4.78, 5) is 31.1. The Morgan fingerprint density at radius 3 is 2.63 bits per heavy atom. The number of benzene rings is 2. The Kier molecular flexibility index (Phi) is 3.98. The highest BCUT2D eigenvalue weighted by Gasteiger charge is 2.49. The van der Waals surface area contributed by atoms with Crippen molar-refractivity contribution in [3.63, 3.8) is 0 Å². The minimum absolute atomic E-state index is 0.0116. The third-order valence-electron chi connectivity index (χ3n) is 5.04. The van der Waals surface area contributed by atoms with Crippen molar-refractivity contribution in [3.8, 4) is 0 Å². The fourth-order valence-electron chi connectivity index (χ4n) is 3.48. The molecule has 0 unspecified atom stereocenters. The summed E-state index contributed by atoms with van der Waals surface area (Å²) in [6, 6.07) is 13.1. The predicted molar refractivity (Wildman–Crippen MR) is 101 cm³/mol. The molecule has 0 radical (unpaired) electrons. The van der Waals surface area contributed by atoms with Crippen LogP contribution in [0.4, 0.5) is 4.79 Å². The van der Waals surface area contributed by atoms with E-state index in [2.05, 4.69) is 10.3 Å². The van der Waals surface area contributed by atoms with Crippen molar-refractivity contribution in [2.45, 2.75) is 38.8 Å². The second kappa shape index (κ2) is 6.23. The number of hydrogen-bond acceptors (Lipinski definition) is 4. The number of amides is 3. The van der Waals surface area contributed by atoms with Crippen LogP contribution in [0.2, 0.25) is 0 Å². The lowest BCUT2D eigenvalue weighted by Crippen LogP contribution is -2.41. The molecule has 1 aliphatic heterocycles. The maximum atomic E-state index is 13.2. The second-order valence-electron chi connectivity index (χ2n) is 7.28. The molecule has 0 spiro atoms. The quantitative estimate of drug-likeness (QED) is 0.713. The Hall–Kier alpha value is -3.15. The van der Waals surface area contributed by atoms with E-state index in [1.807, 2.05) is 56.3 Å². The molecule has 1 N–H and O–H groups in total. The summed E-state index contributed by atoms with van der Waals surface area (Å²) >= 11 is 0. The molecule has 0 saturated carbocycles.